The highest BCUT2D eigenvalue weighted by atomic mass is 16.5. The first-order chi connectivity index (χ1) is 25.1. The summed E-state index contributed by atoms with van der Waals surface area (Å²) < 4.78 is 15.0. The van der Waals surface area contributed by atoms with Crippen LogP contribution in [0.4, 0.5) is 0 Å². The standard InChI is InChI=1S/C46H58N2O6/c1-23(2)36-39(51)34-33-27(30-22-42(5,6)54-43(7,8)35(30)38(33)50)21-28-29-20-26-15-16-31-44(9,18-13-14-24(3)41(52)47-12)32(53-25(4)49)17-19-45(31,10)46(26,11)40(29)48(36)37(28)34/h13-14,18,21-22,26,31-32,35-36,38,50H,1,15-17,19-20H2,2-12H3,(H,47,52)/b18-13+,24-14+/t26-,31-,32-,35+,36-,38+,44-,45-,46+/m0/s1. The van der Waals surface area contributed by atoms with Crippen LogP contribution in [-0.2, 0) is 30.9 Å². The summed E-state index contributed by atoms with van der Waals surface area (Å²) >= 11 is 0. The summed E-state index contributed by atoms with van der Waals surface area (Å²) in [5.74, 6) is -0.163. The Kier molecular flexibility index (Phi) is 8.02. The lowest BCUT2D eigenvalue weighted by Crippen LogP contribution is -2.62. The molecule has 2 aliphatic heterocycles. The molecule has 0 unspecified atom stereocenters. The lowest BCUT2D eigenvalue weighted by molar-refractivity contribution is -0.178. The maximum absolute atomic E-state index is 15.0. The van der Waals surface area contributed by atoms with Crippen LogP contribution in [0, 0.1) is 28.6 Å². The minimum atomic E-state index is -0.868. The monoisotopic (exact) mass is 734 g/mol. The number of amides is 1. The van der Waals surface area contributed by atoms with Gasteiger partial charge in [-0.3, -0.25) is 14.4 Å². The van der Waals surface area contributed by atoms with Gasteiger partial charge in [-0.15, -0.1) is 0 Å². The molecular weight excluding hydrogens is 677 g/mol. The summed E-state index contributed by atoms with van der Waals surface area (Å²) in [5, 5.41) is 16.1. The fraction of sp³-hybridized carbons (Fsp3) is 0.587. The van der Waals surface area contributed by atoms with Gasteiger partial charge in [0, 0.05) is 52.9 Å². The van der Waals surface area contributed by atoms with Crippen LogP contribution in [-0.4, -0.2) is 51.7 Å². The number of fused-ring (bicyclic) bond motifs is 11. The number of aromatic nitrogens is 1. The number of Topliss-reactive ketones (excluding diaryl/α,β-unsaturated/α-hetero) is 1. The van der Waals surface area contributed by atoms with Crippen LogP contribution in [0.15, 0.2) is 48.1 Å². The van der Waals surface area contributed by atoms with Crippen molar-refractivity contribution in [1.29, 1.82) is 0 Å². The smallest absolute Gasteiger partial charge is 0.302 e. The minimum Gasteiger partial charge on any atom is -0.462 e. The number of likely N-dealkylation sites (N-methyl/N-ethyl adjacent to an activating group) is 1. The molecule has 8 heteroatoms. The molecule has 1 aromatic heterocycles. The third kappa shape index (κ3) is 4.65. The molecule has 2 N–H and O–H groups in total. The molecule has 6 aliphatic rings. The van der Waals surface area contributed by atoms with E-state index in [0.717, 1.165) is 58.9 Å². The Bertz CT molecular complexity index is 2160. The number of carbonyl (C=O) groups is 3. The average molecular weight is 735 g/mol. The minimum absolute atomic E-state index is 0.0209. The Balaban J connectivity index is 1.34. The lowest BCUT2D eigenvalue weighted by atomic mass is 9.40. The second kappa shape index (κ2) is 11.6. The average Bonchev–Trinajstić information content (AvgIpc) is 3.74. The molecule has 8 rings (SSSR count). The quantitative estimate of drug-likeness (QED) is 0.138. The van der Waals surface area contributed by atoms with Gasteiger partial charge in [0.2, 0.25) is 5.91 Å². The zero-order chi connectivity index (χ0) is 39.2. The Hall–Kier alpha value is -3.75. The Morgan fingerprint density at radius 1 is 1.07 bits per heavy atom. The number of aliphatic hydroxyl groups is 1. The molecule has 2 aromatic rings. The number of aliphatic hydroxyl groups excluding tert-OH is 1. The molecule has 0 saturated heterocycles. The third-order valence-corrected chi connectivity index (χ3v) is 15.3. The molecule has 4 aliphatic carbocycles. The molecule has 0 spiro atoms. The van der Waals surface area contributed by atoms with Crippen LogP contribution >= 0.6 is 0 Å². The topological polar surface area (TPSA) is 107 Å². The van der Waals surface area contributed by atoms with Crippen LogP contribution in [0.25, 0.3) is 16.5 Å². The molecule has 2 saturated carbocycles. The van der Waals surface area contributed by atoms with E-state index in [1.165, 1.54) is 18.2 Å². The van der Waals surface area contributed by atoms with E-state index in [9.17, 15) is 19.5 Å². The summed E-state index contributed by atoms with van der Waals surface area (Å²) in [6.07, 6.45) is 11.5. The molecule has 8 nitrogen and oxygen atoms in total. The molecular formula is C46H58N2O6. The Labute approximate surface area is 320 Å². The fourth-order valence-electron chi connectivity index (χ4n) is 13.1. The summed E-state index contributed by atoms with van der Waals surface area (Å²) in [7, 11) is 1.63. The van der Waals surface area contributed by atoms with E-state index in [0.29, 0.717) is 23.5 Å². The number of allylic oxidation sites excluding steroid dienone is 3. The van der Waals surface area contributed by atoms with E-state index < -0.39 is 28.8 Å². The number of nitrogens with zero attached hydrogens (tertiary/aromatic N) is 1. The van der Waals surface area contributed by atoms with Gasteiger partial charge in [-0.1, -0.05) is 51.2 Å². The van der Waals surface area contributed by atoms with E-state index in [2.05, 4.69) is 83.1 Å². The van der Waals surface area contributed by atoms with Crippen molar-refractivity contribution in [3.05, 3.63) is 76.0 Å². The number of hydrogen-bond donors (Lipinski definition) is 2. The highest BCUT2D eigenvalue weighted by molar-refractivity contribution is 6.18. The molecule has 54 heavy (non-hydrogen) atoms. The van der Waals surface area contributed by atoms with Gasteiger partial charge in [-0.2, -0.15) is 0 Å². The first kappa shape index (κ1) is 37.2. The number of hydrogen-bond acceptors (Lipinski definition) is 6. The van der Waals surface area contributed by atoms with Crippen LogP contribution in [0.1, 0.15) is 140 Å². The third-order valence-electron chi connectivity index (χ3n) is 15.3. The van der Waals surface area contributed by atoms with E-state index in [-0.39, 0.29) is 46.4 Å². The van der Waals surface area contributed by atoms with Gasteiger partial charge in [0.1, 0.15) is 12.1 Å². The maximum atomic E-state index is 15.0. The Morgan fingerprint density at radius 3 is 2.43 bits per heavy atom. The van der Waals surface area contributed by atoms with Gasteiger partial charge in [-0.05, 0) is 120 Å². The molecule has 2 fully saturated rings. The number of esters is 1. The summed E-state index contributed by atoms with van der Waals surface area (Å²) in [5.41, 5.74) is 6.20. The zero-order valence-electron chi connectivity index (χ0n) is 34.0. The predicted octanol–water partition coefficient (Wildman–Crippen LogP) is 8.42. The highest BCUT2D eigenvalue weighted by Crippen LogP contribution is 2.72. The zero-order valence-corrected chi connectivity index (χ0v) is 34.0. The fourth-order valence-corrected chi connectivity index (χ4v) is 13.1. The second-order valence-corrected chi connectivity index (χ2v) is 19.2. The van der Waals surface area contributed by atoms with Crippen molar-refractivity contribution in [2.45, 2.75) is 136 Å². The summed E-state index contributed by atoms with van der Waals surface area (Å²) in [6, 6.07) is 1.75. The van der Waals surface area contributed by atoms with Gasteiger partial charge in [0.25, 0.3) is 0 Å². The molecule has 3 heterocycles. The first-order valence-electron chi connectivity index (χ1n) is 19.9. The largest absolute Gasteiger partial charge is 0.462 e. The normalized spacial score (nSPS) is 37.0. The van der Waals surface area contributed by atoms with Crippen molar-refractivity contribution in [3.8, 4) is 0 Å². The number of rotatable bonds is 5. The van der Waals surface area contributed by atoms with Gasteiger partial charge in [-0.25, -0.2) is 0 Å². The van der Waals surface area contributed by atoms with E-state index in [4.69, 9.17) is 9.47 Å². The highest BCUT2D eigenvalue weighted by Gasteiger charge is 2.68. The van der Waals surface area contributed by atoms with Gasteiger partial charge < -0.3 is 24.5 Å². The number of ether oxygens (including phenoxy) is 2. The van der Waals surface area contributed by atoms with Crippen LogP contribution in [0.5, 0.6) is 0 Å². The van der Waals surface area contributed by atoms with Crippen molar-refractivity contribution < 1.29 is 29.0 Å². The van der Waals surface area contributed by atoms with Crippen molar-refractivity contribution in [1.82, 2.24) is 9.88 Å². The van der Waals surface area contributed by atoms with Crippen LogP contribution in [0.2, 0.25) is 0 Å². The van der Waals surface area contributed by atoms with Crippen LogP contribution < -0.4 is 5.32 Å². The molecule has 1 aromatic carbocycles. The number of benzene rings is 1. The van der Waals surface area contributed by atoms with Crippen LogP contribution in [0.3, 0.4) is 0 Å². The predicted molar refractivity (Wildman–Crippen MR) is 211 cm³/mol. The van der Waals surface area contributed by atoms with Gasteiger partial charge >= 0.3 is 5.97 Å². The molecule has 1 amide bonds. The van der Waals surface area contributed by atoms with Crippen molar-refractivity contribution in [2.75, 3.05) is 7.05 Å². The van der Waals surface area contributed by atoms with Gasteiger partial charge in [0.15, 0.2) is 5.78 Å². The molecule has 9 atom stereocenters. The first-order valence-corrected chi connectivity index (χ1v) is 19.9. The molecule has 288 valence electrons. The number of carbonyl (C=O) groups excluding carboxylic acids is 3. The second-order valence-electron chi connectivity index (χ2n) is 19.2. The van der Waals surface area contributed by atoms with Crippen molar-refractivity contribution in [2.24, 2.45) is 28.6 Å². The van der Waals surface area contributed by atoms with Gasteiger partial charge in [0.05, 0.1) is 28.4 Å². The van der Waals surface area contributed by atoms with E-state index >= 15 is 0 Å². The van der Waals surface area contributed by atoms with Crippen molar-refractivity contribution >= 4 is 34.1 Å². The summed E-state index contributed by atoms with van der Waals surface area (Å²) in [4.78, 5) is 39.9. The number of nitrogens with one attached hydrogen (secondary N) is 1. The Morgan fingerprint density at radius 2 is 1.78 bits per heavy atom. The number of ketones is 1. The van der Waals surface area contributed by atoms with E-state index in [1.807, 2.05) is 19.1 Å². The molecule has 0 radical (unpaired) electrons. The van der Waals surface area contributed by atoms with E-state index in [1.54, 1.807) is 14.0 Å². The SMILES string of the molecule is C=C(C)[C@H]1C(=O)c2c3c(cc4c5c(n1c24)[C@@]1(C)[C@@H](CC[C@H]2[C@](C)(/C=C/C=C(\C)C(=O)NC)[C@@H](OC(C)=O)CC[C@@]21C)C5)C1=CC(C)(C)OC(C)(C)[C@H]1[C@@H]3O. The van der Waals surface area contributed by atoms with Crippen molar-refractivity contribution in [3.63, 3.8) is 0 Å². The maximum Gasteiger partial charge on any atom is 0.302 e. The molecule has 0 bridgehead atoms. The lowest BCUT2D eigenvalue weighted by Gasteiger charge is -2.64. The summed E-state index contributed by atoms with van der Waals surface area (Å²) in [6.45, 7) is 25.0.